The first kappa shape index (κ1) is 20.8. The van der Waals surface area contributed by atoms with Gasteiger partial charge in [0.1, 0.15) is 0 Å². The first-order valence-electron chi connectivity index (χ1n) is 7.91. The Labute approximate surface area is 150 Å². The van der Waals surface area contributed by atoms with Crippen molar-refractivity contribution in [1.82, 2.24) is 10.6 Å². The van der Waals surface area contributed by atoms with Gasteiger partial charge in [0.15, 0.2) is 15.8 Å². The molecule has 1 rings (SSSR count). The van der Waals surface area contributed by atoms with Gasteiger partial charge in [-0.15, -0.1) is 11.8 Å². The van der Waals surface area contributed by atoms with Crippen LogP contribution in [0.2, 0.25) is 0 Å². The molecule has 0 saturated carbocycles. The predicted molar refractivity (Wildman–Crippen MR) is 105 cm³/mol. The molecule has 2 N–H and O–H groups in total. The molecule has 0 aliphatic heterocycles. The molecule has 24 heavy (non-hydrogen) atoms. The summed E-state index contributed by atoms with van der Waals surface area (Å²) in [4.78, 5) is 5.38. The van der Waals surface area contributed by atoms with Crippen LogP contribution < -0.4 is 10.6 Å². The molecule has 7 heteroatoms. The fourth-order valence-electron chi connectivity index (χ4n) is 2.01. The Kier molecular flexibility index (Phi) is 7.60. The topological polar surface area (TPSA) is 70.6 Å². The zero-order chi connectivity index (χ0) is 18.4. The second-order valence-corrected chi connectivity index (χ2v) is 10.3. The molecule has 0 saturated heterocycles. The average Bonchev–Trinajstić information content (AvgIpc) is 2.50. The van der Waals surface area contributed by atoms with Gasteiger partial charge in [0.2, 0.25) is 0 Å². The monoisotopic (exact) mass is 371 g/mol. The van der Waals surface area contributed by atoms with Gasteiger partial charge in [0, 0.05) is 25.0 Å². The van der Waals surface area contributed by atoms with Crippen molar-refractivity contribution in [1.29, 1.82) is 0 Å². The second kappa shape index (κ2) is 8.76. The fourth-order valence-corrected chi connectivity index (χ4v) is 3.70. The molecule has 0 aliphatic rings. The number of sulfone groups is 1. The highest BCUT2D eigenvalue weighted by atomic mass is 32.2. The van der Waals surface area contributed by atoms with E-state index in [4.69, 9.17) is 0 Å². The van der Waals surface area contributed by atoms with Crippen LogP contribution in [0.4, 0.5) is 0 Å². The van der Waals surface area contributed by atoms with Crippen molar-refractivity contribution < 1.29 is 8.42 Å². The molecule has 0 aromatic heterocycles. The van der Waals surface area contributed by atoms with Crippen LogP contribution in [-0.2, 0) is 16.4 Å². The molecule has 0 heterocycles. The molecule has 136 valence electrons. The van der Waals surface area contributed by atoms with Gasteiger partial charge in [-0.3, -0.25) is 4.99 Å². The maximum absolute atomic E-state index is 12.1. The molecule has 1 aromatic rings. The van der Waals surface area contributed by atoms with Gasteiger partial charge in [0.05, 0.1) is 10.5 Å². The summed E-state index contributed by atoms with van der Waals surface area (Å²) in [6.07, 6.45) is 2.06. The molecule has 1 aromatic carbocycles. The first-order chi connectivity index (χ1) is 11.1. The average molecular weight is 372 g/mol. The van der Waals surface area contributed by atoms with Crippen LogP contribution in [0.25, 0.3) is 0 Å². The van der Waals surface area contributed by atoms with E-state index < -0.39 is 14.6 Å². The third kappa shape index (κ3) is 6.02. The highest BCUT2D eigenvalue weighted by Gasteiger charge is 2.28. The van der Waals surface area contributed by atoms with Crippen molar-refractivity contribution in [3.05, 3.63) is 29.3 Å². The van der Waals surface area contributed by atoms with Crippen LogP contribution in [0, 0.1) is 6.92 Å². The molecule has 5 nitrogen and oxygen atoms in total. The lowest BCUT2D eigenvalue weighted by Gasteiger charge is -2.20. The van der Waals surface area contributed by atoms with E-state index in [0.717, 1.165) is 0 Å². The van der Waals surface area contributed by atoms with Crippen molar-refractivity contribution in [3.63, 3.8) is 0 Å². The van der Waals surface area contributed by atoms with Crippen molar-refractivity contribution in [3.8, 4) is 0 Å². The van der Waals surface area contributed by atoms with Gasteiger partial charge in [0.25, 0.3) is 0 Å². The second-order valence-electron chi connectivity index (χ2n) is 6.60. The molecule has 0 atom stereocenters. The quantitative estimate of drug-likeness (QED) is 0.457. The zero-order valence-electron chi connectivity index (χ0n) is 15.4. The Morgan fingerprint density at radius 1 is 1.25 bits per heavy atom. The molecule has 0 amide bonds. The summed E-state index contributed by atoms with van der Waals surface area (Å²) in [7, 11) is -1.45. The summed E-state index contributed by atoms with van der Waals surface area (Å²) in [6.45, 7) is 8.21. The van der Waals surface area contributed by atoms with Crippen molar-refractivity contribution >= 4 is 27.6 Å². The van der Waals surface area contributed by atoms with Crippen LogP contribution in [0.5, 0.6) is 0 Å². The van der Waals surface area contributed by atoms with Crippen LogP contribution in [0.15, 0.2) is 28.1 Å². The maximum atomic E-state index is 12.1. The highest BCUT2D eigenvalue weighted by Crippen LogP contribution is 2.21. The lowest BCUT2D eigenvalue weighted by Crippen LogP contribution is -2.41. The Hall–Kier alpha value is -1.21. The van der Waals surface area contributed by atoms with E-state index in [2.05, 4.69) is 47.0 Å². The Balaban J connectivity index is 2.58. The molecular formula is C17H29N3O2S2. The summed E-state index contributed by atoms with van der Waals surface area (Å²) in [5.41, 5.74) is 2.43. The highest BCUT2D eigenvalue weighted by molar-refractivity contribution is 7.98. The molecule has 0 bridgehead atoms. The van der Waals surface area contributed by atoms with Crippen LogP contribution >= 0.6 is 11.8 Å². The molecule has 0 spiro atoms. The third-order valence-electron chi connectivity index (χ3n) is 3.71. The van der Waals surface area contributed by atoms with Crippen LogP contribution in [-0.4, -0.2) is 44.7 Å². The molecular weight excluding hydrogens is 342 g/mol. The van der Waals surface area contributed by atoms with E-state index >= 15 is 0 Å². The van der Waals surface area contributed by atoms with E-state index in [1.165, 1.54) is 16.0 Å². The van der Waals surface area contributed by atoms with Crippen LogP contribution in [0.3, 0.4) is 0 Å². The molecule has 0 fully saturated rings. The largest absolute Gasteiger partial charge is 0.355 e. The minimum absolute atomic E-state index is 0.0811. The third-order valence-corrected chi connectivity index (χ3v) is 7.14. The zero-order valence-corrected chi connectivity index (χ0v) is 17.1. The van der Waals surface area contributed by atoms with E-state index in [1.807, 2.05) is 0 Å². The summed E-state index contributed by atoms with van der Waals surface area (Å²) >= 11 is 1.71. The first-order valence-corrected chi connectivity index (χ1v) is 10.8. The Bertz CT molecular complexity index is 678. The molecule has 0 radical (unpaired) electrons. The maximum Gasteiger partial charge on any atom is 0.191 e. The van der Waals surface area contributed by atoms with Gasteiger partial charge in [-0.05, 0) is 51.1 Å². The number of hydrogen-bond donors (Lipinski definition) is 2. The van der Waals surface area contributed by atoms with Crippen molar-refractivity contribution in [2.45, 2.75) is 43.9 Å². The number of rotatable bonds is 6. The summed E-state index contributed by atoms with van der Waals surface area (Å²) in [5, 5.41) is 6.31. The lowest BCUT2D eigenvalue weighted by atomic mass is 10.1. The molecule has 0 unspecified atom stereocenters. The van der Waals surface area contributed by atoms with Gasteiger partial charge in [-0.1, -0.05) is 12.1 Å². The number of nitrogens with one attached hydrogen (secondary N) is 2. The van der Waals surface area contributed by atoms with E-state index in [9.17, 15) is 8.42 Å². The SMILES string of the molecule is CN=C(NCCS(=O)(=O)C(C)(C)C)NCc1ccc(C)cc1SC. The molecule has 0 aliphatic carbocycles. The van der Waals surface area contributed by atoms with Crippen molar-refractivity contribution in [2.24, 2.45) is 4.99 Å². The minimum atomic E-state index is -3.13. The van der Waals surface area contributed by atoms with E-state index in [1.54, 1.807) is 39.6 Å². The van der Waals surface area contributed by atoms with Crippen molar-refractivity contribution in [2.75, 3.05) is 25.6 Å². The van der Waals surface area contributed by atoms with Crippen LogP contribution in [0.1, 0.15) is 31.9 Å². The lowest BCUT2D eigenvalue weighted by molar-refractivity contribution is 0.559. The van der Waals surface area contributed by atoms with Gasteiger partial charge < -0.3 is 10.6 Å². The van der Waals surface area contributed by atoms with Gasteiger partial charge >= 0.3 is 0 Å². The normalized spacial score (nSPS) is 13.0. The number of aryl methyl sites for hydroxylation is 1. The summed E-state index contributed by atoms with van der Waals surface area (Å²) in [5.74, 6) is 0.685. The smallest absolute Gasteiger partial charge is 0.191 e. The minimum Gasteiger partial charge on any atom is -0.355 e. The van der Waals surface area contributed by atoms with Gasteiger partial charge in [-0.25, -0.2) is 8.42 Å². The fraction of sp³-hybridized carbons (Fsp3) is 0.588. The standard InChI is InChI=1S/C17H29N3O2S2/c1-13-7-8-14(15(11-13)23-6)12-20-16(18-5)19-9-10-24(21,22)17(2,3)4/h7-8,11H,9-10,12H2,1-6H3,(H2,18,19,20). The number of hydrogen-bond acceptors (Lipinski definition) is 4. The Morgan fingerprint density at radius 3 is 2.46 bits per heavy atom. The predicted octanol–water partition coefficient (Wildman–Crippen LogP) is 2.60. The number of aliphatic imine (C=N–C) groups is 1. The van der Waals surface area contributed by atoms with E-state index in [-0.39, 0.29) is 5.75 Å². The number of nitrogens with zero attached hydrogens (tertiary/aromatic N) is 1. The van der Waals surface area contributed by atoms with Gasteiger partial charge in [-0.2, -0.15) is 0 Å². The Morgan fingerprint density at radius 2 is 1.92 bits per heavy atom. The number of guanidine groups is 1. The summed E-state index contributed by atoms with van der Waals surface area (Å²) < 4.78 is 23.5. The summed E-state index contributed by atoms with van der Waals surface area (Å²) in [6, 6.07) is 6.35. The number of benzene rings is 1. The van der Waals surface area contributed by atoms with E-state index in [0.29, 0.717) is 19.0 Å². The number of thioether (sulfide) groups is 1.